The summed E-state index contributed by atoms with van der Waals surface area (Å²) in [5, 5.41) is 3.02. The molecule has 6 nitrogen and oxygen atoms in total. The first kappa shape index (κ1) is 27.6. The summed E-state index contributed by atoms with van der Waals surface area (Å²) < 4.78 is 34.5. The highest BCUT2D eigenvalue weighted by Crippen LogP contribution is 2.32. The molecule has 0 aliphatic heterocycles. The fraction of sp³-hybridized carbons (Fsp3) is 0.321. The summed E-state index contributed by atoms with van der Waals surface area (Å²) >= 11 is 6.26. The molecule has 2 N–H and O–H groups in total. The number of aryl methyl sites for hydroxylation is 3. The second-order valence-corrected chi connectivity index (χ2v) is 11.4. The average Bonchev–Trinajstić information content (AvgIpc) is 2.80. The smallest absolute Gasteiger partial charge is 0.263 e. The highest BCUT2D eigenvalue weighted by Gasteiger charge is 2.23. The fourth-order valence-electron chi connectivity index (χ4n) is 4.06. The van der Waals surface area contributed by atoms with Crippen molar-refractivity contribution in [3.05, 3.63) is 86.9 Å². The molecule has 192 valence electrons. The number of hydrogen-bond donors (Lipinski definition) is 2. The lowest BCUT2D eigenvalue weighted by Gasteiger charge is -2.21. The van der Waals surface area contributed by atoms with E-state index < -0.39 is 15.9 Å². The first-order valence-electron chi connectivity index (χ1n) is 11.7. The van der Waals surface area contributed by atoms with Crippen LogP contribution in [-0.2, 0) is 10.0 Å². The summed E-state index contributed by atoms with van der Waals surface area (Å²) in [6.45, 7) is 11.7. The van der Waals surface area contributed by atoms with Crippen LogP contribution in [0.4, 0.5) is 5.69 Å². The molecule has 0 unspecified atom stereocenters. The van der Waals surface area contributed by atoms with Crippen molar-refractivity contribution in [3.63, 3.8) is 0 Å². The number of sulfonamides is 1. The Balaban J connectivity index is 1.89. The van der Waals surface area contributed by atoms with Crippen LogP contribution < -0.4 is 14.8 Å². The standard InChI is InChI=1S/C28H33ClN2O4S/c1-16(2)22-15-23(19(5)13-26(22)35-7)20(6)30-28(32)21-10-11-24(29)27(14-21)36(33,34)31-25-12-17(3)8-9-18(25)4/h8-16,20,31H,1-7H3,(H,30,32)/t20-/m0/s1. The Morgan fingerprint density at radius 3 is 2.25 bits per heavy atom. The third kappa shape index (κ3) is 6.02. The van der Waals surface area contributed by atoms with Crippen LogP contribution in [-0.4, -0.2) is 21.4 Å². The Morgan fingerprint density at radius 1 is 0.917 bits per heavy atom. The van der Waals surface area contributed by atoms with Crippen LogP contribution in [0.1, 0.15) is 70.9 Å². The normalized spacial score (nSPS) is 12.4. The summed E-state index contributed by atoms with van der Waals surface area (Å²) in [6, 6.07) is 13.4. The predicted octanol–water partition coefficient (Wildman–Crippen LogP) is 6.69. The van der Waals surface area contributed by atoms with E-state index in [1.54, 1.807) is 13.2 Å². The second kappa shape index (κ2) is 10.9. The van der Waals surface area contributed by atoms with Gasteiger partial charge in [0.2, 0.25) is 0 Å². The largest absolute Gasteiger partial charge is 0.496 e. The first-order valence-corrected chi connectivity index (χ1v) is 13.6. The van der Waals surface area contributed by atoms with Crippen molar-refractivity contribution in [1.29, 1.82) is 0 Å². The topological polar surface area (TPSA) is 84.5 Å². The molecule has 3 aromatic rings. The van der Waals surface area contributed by atoms with Crippen molar-refractivity contribution >= 4 is 33.2 Å². The molecule has 0 radical (unpaired) electrons. The van der Waals surface area contributed by atoms with E-state index in [2.05, 4.69) is 30.0 Å². The van der Waals surface area contributed by atoms with E-state index in [1.807, 2.05) is 45.9 Å². The SMILES string of the molecule is COc1cc(C)c([C@H](C)NC(=O)c2ccc(Cl)c(S(=O)(=O)Nc3cc(C)ccc3C)c2)cc1C(C)C. The van der Waals surface area contributed by atoms with Gasteiger partial charge in [-0.1, -0.05) is 37.6 Å². The molecule has 0 aliphatic carbocycles. The maximum Gasteiger partial charge on any atom is 0.263 e. The second-order valence-electron chi connectivity index (χ2n) is 9.37. The monoisotopic (exact) mass is 528 g/mol. The molecule has 3 rings (SSSR count). The number of carbonyl (C=O) groups excluding carboxylic acids is 1. The van der Waals surface area contributed by atoms with Crippen LogP contribution in [0, 0.1) is 20.8 Å². The van der Waals surface area contributed by atoms with Crippen LogP contribution in [0.5, 0.6) is 5.75 Å². The zero-order valence-corrected chi connectivity index (χ0v) is 23.3. The third-order valence-electron chi connectivity index (χ3n) is 6.17. The van der Waals surface area contributed by atoms with Gasteiger partial charge in [0.15, 0.2) is 0 Å². The minimum atomic E-state index is -4.03. The van der Waals surface area contributed by atoms with Crippen molar-refractivity contribution in [2.24, 2.45) is 0 Å². The molecule has 0 saturated heterocycles. The van der Waals surface area contributed by atoms with Gasteiger partial charge in [0.05, 0.1) is 23.9 Å². The number of ether oxygens (including phenoxy) is 1. The maximum atomic E-state index is 13.2. The molecule has 3 aromatic carbocycles. The van der Waals surface area contributed by atoms with Crippen molar-refractivity contribution < 1.29 is 17.9 Å². The molecular weight excluding hydrogens is 496 g/mol. The number of hydrogen-bond acceptors (Lipinski definition) is 4. The lowest BCUT2D eigenvalue weighted by atomic mass is 9.93. The van der Waals surface area contributed by atoms with E-state index in [0.717, 1.165) is 33.6 Å². The number of nitrogens with one attached hydrogen (secondary N) is 2. The molecule has 0 heterocycles. The van der Waals surface area contributed by atoms with Gasteiger partial charge >= 0.3 is 0 Å². The highest BCUT2D eigenvalue weighted by atomic mass is 35.5. The number of methoxy groups -OCH3 is 1. The van der Waals surface area contributed by atoms with E-state index in [4.69, 9.17) is 16.3 Å². The fourth-order valence-corrected chi connectivity index (χ4v) is 5.71. The van der Waals surface area contributed by atoms with E-state index in [9.17, 15) is 13.2 Å². The Kier molecular flexibility index (Phi) is 8.37. The molecule has 0 saturated carbocycles. The summed E-state index contributed by atoms with van der Waals surface area (Å²) in [5.41, 5.74) is 5.36. The van der Waals surface area contributed by atoms with Crippen LogP contribution in [0.3, 0.4) is 0 Å². The molecular formula is C28H33ClN2O4S. The molecule has 0 spiro atoms. The van der Waals surface area contributed by atoms with Crippen molar-refractivity contribution in [1.82, 2.24) is 5.32 Å². The minimum absolute atomic E-state index is 0.0324. The zero-order chi connectivity index (χ0) is 26.8. The van der Waals surface area contributed by atoms with Crippen LogP contribution in [0.15, 0.2) is 53.4 Å². The zero-order valence-electron chi connectivity index (χ0n) is 21.7. The van der Waals surface area contributed by atoms with Crippen LogP contribution in [0.2, 0.25) is 5.02 Å². The summed E-state index contributed by atoms with van der Waals surface area (Å²) in [5.74, 6) is 0.660. The Bertz CT molecular complexity index is 1400. The first-order chi connectivity index (χ1) is 16.8. The van der Waals surface area contributed by atoms with Crippen molar-refractivity contribution in [2.75, 3.05) is 11.8 Å². The lowest BCUT2D eigenvalue weighted by Crippen LogP contribution is -2.27. The number of rotatable bonds is 8. The van der Waals surface area contributed by atoms with Gasteiger partial charge < -0.3 is 10.1 Å². The quantitative estimate of drug-likeness (QED) is 0.341. The van der Waals surface area contributed by atoms with E-state index in [1.165, 1.54) is 18.2 Å². The van der Waals surface area contributed by atoms with Gasteiger partial charge in [-0.25, -0.2) is 8.42 Å². The van der Waals surface area contributed by atoms with E-state index in [0.29, 0.717) is 5.69 Å². The average molecular weight is 529 g/mol. The number of benzene rings is 3. The molecule has 0 aromatic heterocycles. The lowest BCUT2D eigenvalue weighted by molar-refractivity contribution is 0.0939. The number of anilines is 1. The molecule has 8 heteroatoms. The Labute approximate surface area is 219 Å². The highest BCUT2D eigenvalue weighted by molar-refractivity contribution is 7.92. The number of amides is 1. The minimum Gasteiger partial charge on any atom is -0.496 e. The van der Waals surface area contributed by atoms with Crippen LogP contribution in [0.25, 0.3) is 0 Å². The maximum absolute atomic E-state index is 13.2. The molecule has 0 bridgehead atoms. The van der Waals surface area contributed by atoms with E-state index >= 15 is 0 Å². The molecule has 36 heavy (non-hydrogen) atoms. The predicted molar refractivity (Wildman–Crippen MR) is 146 cm³/mol. The van der Waals surface area contributed by atoms with Gasteiger partial charge in [0.25, 0.3) is 15.9 Å². The summed E-state index contributed by atoms with van der Waals surface area (Å²) in [6.07, 6.45) is 0. The van der Waals surface area contributed by atoms with Crippen molar-refractivity contribution in [3.8, 4) is 5.75 Å². The Hall–Kier alpha value is -3.03. The van der Waals surface area contributed by atoms with E-state index in [-0.39, 0.29) is 27.4 Å². The van der Waals surface area contributed by atoms with Crippen molar-refractivity contribution in [2.45, 2.75) is 58.4 Å². The summed E-state index contributed by atoms with van der Waals surface area (Å²) in [4.78, 5) is 13.0. The number of halogens is 1. The van der Waals surface area contributed by atoms with Gasteiger partial charge in [0, 0.05) is 5.56 Å². The van der Waals surface area contributed by atoms with Gasteiger partial charge in [0.1, 0.15) is 10.6 Å². The molecule has 0 fully saturated rings. The van der Waals surface area contributed by atoms with Gasteiger partial charge in [-0.15, -0.1) is 0 Å². The third-order valence-corrected chi connectivity index (χ3v) is 8.02. The molecule has 0 aliphatic rings. The van der Waals surface area contributed by atoms with Gasteiger partial charge in [-0.2, -0.15) is 0 Å². The summed E-state index contributed by atoms with van der Waals surface area (Å²) in [7, 11) is -2.38. The molecule has 1 amide bonds. The molecule has 1 atom stereocenters. The van der Waals surface area contributed by atoms with Crippen LogP contribution >= 0.6 is 11.6 Å². The van der Waals surface area contributed by atoms with Gasteiger partial charge in [-0.05, 0) is 97.8 Å². The Morgan fingerprint density at radius 2 is 1.61 bits per heavy atom. The number of carbonyl (C=O) groups is 1. The van der Waals surface area contributed by atoms with Gasteiger partial charge in [-0.3, -0.25) is 9.52 Å².